The van der Waals surface area contributed by atoms with Gasteiger partial charge in [-0.1, -0.05) is 50.0 Å². The van der Waals surface area contributed by atoms with Crippen molar-refractivity contribution in [1.82, 2.24) is 9.55 Å². The van der Waals surface area contributed by atoms with Crippen LogP contribution in [-0.4, -0.2) is 24.2 Å². The second kappa shape index (κ2) is 6.89. The van der Waals surface area contributed by atoms with Gasteiger partial charge in [0, 0.05) is 20.7 Å². The van der Waals surface area contributed by atoms with E-state index < -0.39 is 19.3 Å². The molecule has 0 amide bonds. The van der Waals surface area contributed by atoms with Crippen LogP contribution in [0.4, 0.5) is 0 Å². The SMILES string of the molecule is C[Si](C)(C)CCOCn1c(-c2ccccc2)cc(=O)[nH]c1=O. The van der Waals surface area contributed by atoms with Crippen molar-refractivity contribution in [2.75, 3.05) is 6.61 Å². The molecular formula is C16H22N2O3Si. The molecule has 22 heavy (non-hydrogen) atoms. The van der Waals surface area contributed by atoms with Crippen molar-refractivity contribution in [2.24, 2.45) is 0 Å². The molecule has 0 radical (unpaired) electrons. The van der Waals surface area contributed by atoms with Crippen molar-refractivity contribution in [3.63, 3.8) is 0 Å². The fourth-order valence-corrected chi connectivity index (χ4v) is 2.79. The highest BCUT2D eigenvalue weighted by molar-refractivity contribution is 6.76. The van der Waals surface area contributed by atoms with Gasteiger partial charge in [-0.05, 0) is 11.6 Å². The summed E-state index contributed by atoms with van der Waals surface area (Å²) in [5.41, 5.74) is 0.545. The number of hydrogen-bond acceptors (Lipinski definition) is 3. The van der Waals surface area contributed by atoms with Crippen LogP contribution >= 0.6 is 0 Å². The summed E-state index contributed by atoms with van der Waals surface area (Å²) in [5, 5.41) is 0. The smallest absolute Gasteiger partial charge is 0.330 e. The molecule has 0 bridgehead atoms. The Kier molecular flexibility index (Phi) is 5.15. The summed E-state index contributed by atoms with van der Waals surface area (Å²) in [7, 11) is -1.17. The van der Waals surface area contributed by atoms with Crippen LogP contribution in [0.1, 0.15) is 0 Å². The Bertz CT molecular complexity index is 730. The van der Waals surface area contributed by atoms with Crippen LogP contribution in [0.25, 0.3) is 11.3 Å². The minimum atomic E-state index is -1.17. The van der Waals surface area contributed by atoms with E-state index in [-0.39, 0.29) is 6.73 Å². The zero-order chi connectivity index (χ0) is 16.2. The molecule has 0 saturated heterocycles. The largest absolute Gasteiger partial charge is 0.361 e. The Morgan fingerprint density at radius 3 is 2.45 bits per heavy atom. The highest BCUT2D eigenvalue weighted by Gasteiger charge is 2.13. The second-order valence-corrected chi connectivity index (χ2v) is 12.1. The monoisotopic (exact) mass is 318 g/mol. The quantitative estimate of drug-likeness (QED) is 0.657. The summed E-state index contributed by atoms with van der Waals surface area (Å²) in [5.74, 6) is 0. The van der Waals surface area contributed by atoms with Crippen molar-refractivity contribution < 1.29 is 4.74 Å². The van der Waals surface area contributed by atoms with Gasteiger partial charge in [0.15, 0.2) is 0 Å². The molecule has 1 aromatic heterocycles. The van der Waals surface area contributed by atoms with Crippen LogP contribution in [0.5, 0.6) is 0 Å². The van der Waals surface area contributed by atoms with E-state index >= 15 is 0 Å². The zero-order valence-corrected chi connectivity index (χ0v) is 14.3. The van der Waals surface area contributed by atoms with E-state index in [2.05, 4.69) is 24.6 Å². The molecule has 118 valence electrons. The molecule has 0 saturated carbocycles. The number of nitrogens with zero attached hydrogens (tertiary/aromatic N) is 1. The fourth-order valence-electron chi connectivity index (χ4n) is 2.03. The normalized spacial score (nSPS) is 11.6. The molecule has 2 rings (SSSR count). The molecule has 0 aliphatic rings. The Morgan fingerprint density at radius 2 is 1.82 bits per heavy atom. The molecule has 0 fully saturated rings. The summed E-state index contributed by atoms with van der Waals surface area (Å²) in [6.07, 6.45) is 0. The molecule has 0 unspecified atom stereocenters. The lowest BCUT2D eigenvalue weighted by atomic mass is 10.1. The van der Waals surface area contributed by atoms with Gasteiger partial charge in [-0.2, -0.15) is 0 Å². The van der Waals surface area contributed by atoms with E-state index in [1.54, 1.807) is 0 Å². The number of H-pyrrole nitrogens is 1. The first kappa shape index (κ1) is 16.4. The van der Waals surface area contributed by atoms with Crippen LogP contribution in [0.3, 0.4) is 0 Å². The molecule has 0 atom stereocenters. The highest BCUT2D eigenvalue weighted by Crippen LogP contribution is 2.16. The summed E-state index contributed by atoms with van der Waals surface area (Å²) in [6.45, 7) is 7.59. The number of rotatable bonds is 6. The van der Waals surface area contributed by atoms with Crippen molar-refractivity contribution >= 4 is 8.07 Å². The number of ether oxygens (including phenoxy) is 1. The molecule has 1 aromatic carbocycles. The molecule has 1 N–H and O–H groups in total. The third kappa shape index (κ3) is 4.54. The van der Waals surface area contributed by atoms with Gasteiger partial charge in [-0.3, -0.25) is 14.3 Å². The van der Waals surface area contributed by atoms with Crippen LogP contribution in [-0.2, 0) is 11.5 Å². The van der Waals surface area contributed by atoms with Gasteiger partial charge < -0.3 is 4.74 Å². The first-order chi connectivity index (χ1) is 10.4. The van der Waals surface area contributed by atoms with Crippen LogP contribution in [0, 0.1) is 0 Å². The van der Waals surface area contributed by atoms with Gasteiger partial charge in [-0.15, -0.1) is 0 Å². The summed E-state index contributed by atoms with van der Waals surface area (Å²) >= 11 is 0. The van der Waals surface area contributed by atoms with E-state index in [0.717, 1.165) is 11.6 Å². The number of aromatic nitrogens is 2. The predicted molar refractivity (Wildman–Crippen MR) is 90.9 cm³/mol. The highest BCUT2D eigenvalue weighted by atomic mass is 28.3. The van der Waals surface area contributed by atoms with Crippen molar-refractivity contribution in [2.45, 2.75) is 32.4 Å². The topological polar surface area (TPSA) is 64.1 Å². The van der Waals surface area contributed by atoms with Gasteiger partial charge in [0.2, 0.25) is 0 Å². The van der Waals surface area contributed by atoms with E-state index in [9.17, 15) is 9.59 Å². The standard InChI is InChI=1S/C16H22N2O3Si/c1-22(2,3)10-9-21-12-18-14(11-15(19)17-16(18)20)13-7-5-4-6-8-13/h4-8,11H,9-10,12H2,1-3H3,(H,17,19,20). The zero-order valence-electron chi connectivity index (χ0n) is 13.3. The number of nitrogens with one attached hydrogen (secondary N) is 1. The van der Waals surface area contributed by atoms with Gasteiger partial charge in [0.05, 0.1) is 5.69 Å². The lowest BCUT2D eigenvalue weighted by Gasteiger charge is -2.17. The third-order valence-corrected chi connectivity index (χ3v) is 5.02. The molecule has 0 spiro atoms. The molecule has 0 aliphatic carbocycles. The molecule has 0 aliphatic heterocycles. The maximum absolute atomic E-state index is 12.1. The van der Waals surface area contributed by atoms with Crippen LogP contribution in [0.2, 0.25) is 25.7 Å². The number of aromatic amines is 1. The maximum atomic E-state index is 12.1. The maximum Gasteiger partial charge on any atom is 0.330 e. The Morgan fingerprint density at radius 1 is 1.14 bits per heavy atom. The van der Waals surface area contributed by atoms with Gasteiger partial charge >= 0.3 is 5.69 Å². The Balaban J connectivity index is 2.24. The lowest BCUT2D eigenvalue weighted by Crippen LogP contribution is -2.32. The summed E-state index contributed by atoms with van der Waals surface area (Å²) in [6, 6.07) is 11.8. The number of benzene rings is 1. The third-order valence-electron chi connectivity index (χ3n) is 3.32. The van der Waals surface area contributed by atoms with Gasteiger partial charge in [-0.25, -0.2) is 4.79 Å². The molecule has 5 nitrogen and oxygen atoms in total. The molecule has 2 aromatic rings. The molecular weight excluding hydrogens is 296 g/mol. The van der Waals surface area contributed by atoms with E-state index in [1.807, 2.05) is 30.3 Å². The van der Waals surface area contributed by atoms with Crippen molar-refractivity contribution in [1.29, 1.82) is 0 Å². The summed E-state index contributed by atoms with van der Waals surface area (Å²) < 4.78 is 7.11. The van der Waals surface area contributed by atoms with Gasteiger partial charge in [0.1, 0.15) is 6.73 Å². The fraction of sp³-hybridized carbons (Fsp3) is 0.375. The second-order valence-electron chi connectivity index (χ2n) is 6.47. The first-order valence-electron chi connectivity index (χ1n) is 7.34. The molecule has 6 heteroatoms. The Hall–Kier alpha value is -1.92. The van der Waals surface area contributed by atoms with Crippen molar-refractivity contribution in [3.05, 3.63) is 57.2 Å². The minimum absolute atomic E-state index is 0.143. The minimum Gasteiger partial charge on any atom is -0.361 e. The average molecular weight is 318 g/mol. The number of hydrogen-bond donors (Lipinski definition) is 1. The van der Waals surface area contributed by atoms with E-state index in [1.165, 1.54) is 10.6 Å². The van der Waals surface area contributed by atoms with Crippen LogP contribution < -0.4 is 11.2 Å². The first-order valence-corrected chi connectivity index (χ1v) is 11.0. The van der Waals surface area contributed by atoms with E-state index in [0.29, 0.717) is 12.3 Å². The molecule has 1 heterocycles. The van der Waals surface area contributed by atoms with Crippen molar-refractivity contribution in [3.8, 4) is 11.3 Å². The van der Waals surface area contributed by atoms with E-state index in [4.69, 9.17) is 4.74 Å². The Labute approximate surface area is 130 Å². The average Bonchev–Trinajstić information content (AvgIpc) is 2.44. The van der Waals surface area contributed by atoms with Crippen LogP contribution in [0.15, 0.2) is 46.0 Å². The van der Waals surface area contributed by atoms with Gasteiger partial charge in [0.25, 0.3) is 5.56 Å². The predicted octanol–water partition coefficient (Wildman–Crippen LogP) is 2.52. The lowest BCUT2D eigenvalue weighted by molar-refractivity contribution is 0.0849. The summed E-state index contributed by atoms with van der Waals surface area (Å²) in [4.78, 5) is 25.9.